The third kappa shape index (κ3) is 2.87. The summed E-state index contributed by atoms with van der Waals surface area (Å²) in [5.41, 5.74) is 7.54. The highest BCUT2D eigenvalue weighted by Gasteiger charge is 2.02. The summed E-state index contributed by atoms with van der Waals surface area (Å²) in [6.45, 7) is 0.389. The van der Waals surface area contributed by atoms with E-state index in [0.717, 1.165) is 0 Å². The van der Waals surface area contributed by atoms with Crippen LogP contribution in [-0.4, -0.2) is 5.11 Å². The smallest absolute Gasteiger partial charge is 0.125 e. The van der Waals surface area contributed by atoms with Crippen molar-refractivity contribution in [2.75, 3.05) is 11.1 Å². The van der Waals surface area contributed by atoms with Crippen molar-refractivity contribution in [3.05, 3.63) is 53.8 Å². The number of rotatable bonds is 3. The molecule has 0 radical (unpaired) electrons. The first kappa shape index (κ1) is 11.3. The van der Waals surface area contributed by atoms with Crippen LogP contribution >= 0.6 is 0 Å². The predicted molar refractivity (Wildman–Crippen MR) is 66.2 cm³/mol. The van der Waals surface area contributed by atoms with Crippen LogP contribution in [0, 0.1) is 5.82 Å². The zero-order chi connectivity index (χ0) is 12.3. The molecule has 0 aliphatic rings. The third-order valence-corrected chi connectivity index (χ3v) is 2.41. The molecule has 0 saturated heterocycles. The van der Waals surface area contributed by atoms with Gasteiger partial charge < -0.3 is 16.2 Å². The van der Waals surface area contributed by atoms with Crippen LogP contribution in [0.25, 0.3) is 0 Å². The summed E-state index contributed by atoms with van der Waals surface area (Å²) >= 11 is 0. The van der Waals surface area contributed by atoms with Crippen LogP contribution in [0.4, 0.5) is 15.8 Å². The van der Waals surface area contributed by atoms with E-state index >= 15 is 0 Å². The zero-order valence-corrected chi connectivity index (χ0v) is 9.15. The second-order valence-electron chi connectivity index (χ2n) is 3.75. The van der Waals surface area contributed by atoms with E-state index < -0.39 is 0 Å². The SMILES string of the molecule is Nc1ccc(O)c(CNc2cccc(F)c2)c1. The second kappa shape index (κ2) is 4.74. The van der Waals surface area contributed by atoms with Gasteiger partial charge in [0.2, 0.25) is 0 Å². The molecule has 0 unspecified atom stereocenters. The maximum atomic E-state index is 12.9. The predicted octanol–water partition coefficient (Wildman–Crippen LogP) is 2.73. The Kier molecular flexibility index (Phi) is 3.14. The van der Waals surface area contributed by atoms with Crippen molar-refractivity contribution in [1.29, 1.82) is 0 Å². The Hall–Kier alpha value is -2.23. The molecule has 2 aromatic rings. The first-order chi connectivity index (χ1) is 8.15. The van der Waals surface area contributed by atoms with Crippen LogP contribution in [0.5, 0.6) is 5.75 Å². The second-order valence-corrected chi connectivity index (χ2v) is 3.75. The molecular formula is C13H13FN2O. The number of aromatic hydroxyl groups is 1. The Morgan fingerprint density at radius 3 is 2.76 bits per heavy atom. The van der Waals surface area contributed by atoms with E-state index in [1.54, 1.807) is 24.3 Å². The van der Waals surface area contributed by atoms with Crippen LogP contribution < -0.4 is 11.1 Å². The van der Waals surface area contributed by atoms with Crippen LogP contribution in [0.3, 0.4) is 0 Å². The number of halogens is 1. The van der Waals surface area contributed by atoms with Gasteiger partial charge in [0.1, 0.15) is 11.6 Å². The number of benzene rings is 2. The molecule has 88 valence electrons. The highest BCUT2D eigenvalue weighted by molar-refractivity contribution is 5.50. The fraction of sp³-hybridized carbons (Fsp3) is 0.0769. The van der Waals surface area contributed by atoms with E-state index in [1.165, 1.54) is 18.2 Å². The molecule has 4 heteroatoms. The quantitative estimate of drug-likeness (QED) is 0.563. The highest BCUT2D eigenvalue weighted by Crippen LogP contribution is 2.21. The fourth-order valence-corrected chi connectivity index (χ4v) is 1.54. The van der Waals surface area contributed by atoms with Crippen LogP contribution in [0.2, 0.25) is 0 Å². The van der Waals surface area contributed by atoms with Gasteiger partial charge in [0.15, 0.2) is 0 Å². The molecule has 0 amide bonds. The van der Waals surface area contributed by atoms with Gasteiger partial charge in [-0.25, -0.2) is 4.39 Å². The largest absolute Gasteiger partial charge is 0.508 e. The van der Waals surface area contributed by atoms with Gasteiger partial charge >= 0.3 is 0 Å². The Balaban J connectivity index is 2.09. The average molecular weight is 232 g/mol. The molecule has 0 bridgehead atoms. The summed E-state index contributed by atoms with van der Waals surface area (Å²) in [7, 11) is 0. The Morgan fingerprint density at radius 2 is 2.00 bits per heavy atom. The summed E-state index contributed by atoms with van der Waals surface area (Å²) < 4.78 is 12.9. The summed E-state index contributed by atoms with van der Waals surface area (Å²) in [5, 5.41) is 12.6. The van der Waals surface area contributed by atoms with Crippen LogP contribution in [-0.2, 0) is 6.54 Å². The van der Waals surface area contributed by atoms with Gasteiger partial charge in [0.25, 0.3) is 0 Å². The maximum absolute atomic E-state index is 12.9. The molecule has 0 saturated carbocycles. The van der Waals surface area contributed by atoms with Crippen molar-refractivity contribution in [2.45, 2.75) is 6.54 Å². The first-order valence-electron chi connectivity index (χ1n) is 5.22. The number of nitrogens with two attached hydrogens (primary N) is 1. The molecule has 0 aromatic heterocycles. The van der Waals surface area contributed by atoms with Crippen molar-refractivity contribution in [1.82, 2.24) is 0 Å². The Labute approximate surface area is 98.7 Å². The van der Waals surface area contributed by atoms with Crippen molar-refractivity contribution in [2.24, 2.45) is 0 Å². The monoisotopic (exact) mass is 232 g/mol. The fourth-order valence-electron chi connectivity index (χ4n) is 1.54. The molecule has 0 spiro atoms. The molecule has 0 atom stereocenters. The van der Waals surface area contributed by atoms with E-state index in [2.05, 4.69) is 5.32 Å². The van der Waals surface area contributed by atoms with Gasteiger partial charge in [0, 0.05) is 23.5 Å². The minimum absolute atomic E-state index is 0.170. The van der Waals surface area contributed by atoms with Gasteiger partial charge in [-0.05, 0) is 36.4 Å². The molecule has 2 aromatic carbocycles. The third-order valence-electron chi connectivity index (χ3n) is 2.41. The van der Waals surface area contributed by atoms with Gasteiger partial charge in [-0.15, -0.1) is 0 Å². The molecule has 0 aliphatic carbocycles. The topological polar surface area (TPSA) is 58.3 Å². The maximum Gasteiger partial charge on any atom is 0.125 e. The number of hydrogen-bond acceptors (Lipinski definition) is 3. The lowest BCUT2D eigenvalue weighted by Crippen LogP contribution is -2.00. The van der Waals surface area contributed by atoms with E-state index in [0.29, 0.717) is 23.5 Å². The molecule has 4 N–H and O–H groups in total. The van der Waals surface area contributed by atoms with E-state index in [1.807, 2.05) is 0 Å². The first-order valence-corrected chi connectivity index (χ1v) is 5.22. The highest BCUT2D eigenvalue weighted by atomic mass is 19.1. The summed E-state index contributed by atoms with van der Waals surface area (Å²) in [6.07, 6.45) is 0. The van der Waals surface area contributed by atoms with Crippen molar-refractivity contribution >= 4 is 11.4 Å². The Morgan fingerprint density at radius 1 is 1.18 bits per heavy atom. The van der Waals surface area contributed by atoms with Gasteiger partial charge in [-0.2, -0.15) is 0 Å². The lowest BCUT2D eigenvalue weighted by Gasteiger charge is -2.08. The van der Waals surface area contributed by atoms with Crippen molar-refractivity contribution in [3.63, 3.8) is 0 Å². The van der Waals surface area contributed by atoms with Gasteiger partial charge in [-0.3, -0.25) is 0 Å². The van der Waals surface area contributed by atoms with Crippen molar-refractivity contribution in [3.8, 4) is 5.75 Å². The summed E-state index contributed by atoms with van der Waals surface area (Å²) in [4.78, 5) is 0. The molecular weight excluding hydrogens is 219 g/mol. The molecule has 2 rings (SSSR count). The van der Waals surface area contributed by atoms with Gasteiger partial charge in [-0.1, -0.05) is 6.07 Å². The summed E-state index contributed by atoms with van der Waals surface area (Å²) in [5.74, 6) is -0.130. The number of hydrogen-bond donors (Lipinski definition) is 3. The van der Waals surface area contributed by atoms with Crippen molar-refractivity contribution < 1.29 is 9.50 Å². The molecule has 3 nitrogen and oxygen atoms in total. The lowest BCUT2D eigenvalue weighted by atomic mass is 10.1. The zero-order valence-electron chi connectivity index (χ0n) is 9.15. The standard InChI is InChI=1S/C13H13FN2O/c14-10-2-1-3-12(7-10)16-8-9-6-11(15)4-5-13(9)17/h1-7,16-17H,8,15H2. The number of nitrogen functional groups attached to an aromatic ring is 1. The summed E-state index contributed by atoms with van der Waals surface area (Å²) in [6, 6.07) is 11.0. The lowest BCUT2D eigenvalue weighted by molar-refractivity contribution is 0.469. The molecule has 0 aliphatic heterocycles. The normalized spacial score (nSPS) is 10.2. The number of phenolic OH excluding ortho intramolecular Hbond substituents is 1. The Bertz CT molecular complexity index is 529. The van der Waals surface area contributed by atoms with E-state index in [9.17, 15) is 9.50 Å². The minimum Gasteiger partial charge on any atom is -0.508 e. The van der Waals surface area contributed by atoms with Gasteiger partial charge in [0.05, 0.1) is 0 Å². The molecule has 17 heavy (non-hydrogen) atoms. The van der Waals surface area contributed by atoms with Crippen LogP contribution in [0.15, 0.2) is 42.5 Å². The van der Waals surface area contributed by atoms with Crippen LogP contribution in [0.1, 0.15) is 5.56 Å². The average Bonchev–Trinajstić information content (AvgIpc) is 2.30. The van der Waals surface area contributed by atoms with E-state index in [-0.39, 0.29) is 11.6 Å². The molecule has 0 heterocycles. The minimum atomic E-state index is -0.299. The number of anilines is 2. The number of nitrogens with one attached hydrogen (secondary N) is 1. The van der Waals surface area contributed by atoms with E-state index in [4.69, 9.17) is 5.73 Å². The number of phenols is 1. The molecule has 0 fully saturated rings.